The van der Waals surface area contributed by atoms with Gasteiger partial charge in [-0.25, -0.2) is 14.2 Å². The van der Waals surface area contributed by atoms with Gasteiger partial charge in [-0.05, 0) is 50.1 Å². The van der Waals surface area contributed by atoms with Gasteiger partial charge in [-0.2, -0.15) is 0 Å². The Morgan fingerprint density at radius 3 is 2.50 bits per heavy atom. The highest BCUT2D eigenvalue weighted by Crippen LogP contribution is 2.26. The number of ether oxygens (including phenoxy) is 1. The maximum atomic E-state index is 15.5. The largest absolute Gasteiger partial charge is 0.383 e. The molecule has 2 heterocycles. The number of amides is 2. The van der Waals surface area contributed by atoms with Crippen molar-refractivity contribution in [1.82, 2.24) is 14.5 Å². The molecular formula is C26H30FN5O4. The first-order valence-corrected chi connectivity index (χ1v) is 12.0. The molecule has 36 heavy (non-hydrogen) atoms. The van der Waals surface area contributed by atoms with Crippen molar-refractivity contribution >= 4 is 34.1 Å². The van der Waals surface area contributed by atoms with Crippen LogP contribution in [0.15, 0.2) is 47.3 Å². The molecule has 1 aliphatic heterocycles. The number of hydrogen-bond donors (Lipinski definition) is 2. The van der Waals surface area contributed by atoms with E-state index in [1.807, 2.05) is 0 Å². The highest BCUT2D eigenvalue weighted by atomic mass is 19.1. The fourth-order valence-electron chi connectivity index (χ4n) is 4.31. The summed E-state index contributed by atoms with van der Waals surface area (Å²) in [6, 6.07) is 10.8. The molecule has 1 fully saturated rings. The first kappa shape index (κ1) is 25.5. The van der Waals surface area contributed by atoms with Crippen LogP contribution in [0.1, 0.15) is 48.7 Å². The average molecular weight is 496 g/mol. The number of fused-ring (bicyclic) bond motifs is 1. The molecule has 1 aliphatic rings. The minimum Gasteiger partial charge on any atom is -0.383 e. The Bertz CT molecular complexity index is 1320. The summed E-state index contributed by atoms with van der Waals surface area (Å²) in [5.41, 5.74) is 1.27. The Hall–Kier alpha value is -3.63. The third kappa shape index (κ3) is 5.77. The molecule has 1 unspecified atom stereocenters. The highest BCUT2D eigenvalue weighted by Gasteiger charge is 2.27. The van der Waals surface area contributed by atoms with Crippen molar-refractivity contribution < 1.29 is 18.7 Å². The van der Waals surface area contributed by atoms with Gasteiger partial charge < -0.3 is 15.4 Å². The zero-order valence-corrected chi connectivity index (χ0v) is 20.4. The van der Waals surface area contributed by atoms with Gasteiger partial charge in [-0.1, -0.05) is 18.6 Å². The maximum Gasteiger partial charge on any atom is 0.323 e. The Kier molecular flexibility index (Phi) is 8.07. The normalized spacial score (nSPS) is 15.0. The number of aromatic nitrogens is 2. The van der Waals surface area contributed by atoms with Gasteiger partial charge in [0.2, 0.25) is 6.30 Å². The van der Waals surface area contributed by atoms with Crippen molar-refractivity contribution in [2.24, 2.45) is 0 Å². The fraction of sp³-hybridized carbons (Fsp3) is 0.385. The van der Waals surface area contributed by atoms with Gasteiger partial charge in [-0.15, -0.1) is 0 Å². The van der Waals surface area contributed by atoms with Gasteiger partial charge in [0.05, 0.1) is 24.1 Å². The molecule has 2 N–H and O–H groups in total. The lowest BCUT2D eigenvalue weighted by Gasteiger charge is -2.30. The van der Waals surface area contributed by atoms with Crippen LogP contribution in [0.3, 0.4) is 0 Å². The zero-order chi connectivity index (χ0) is 25.7. The second-order valence-corrected chi connectivity index (χ2v) is 8.80. The minimum atomic E-state index is -1.49. The fourth-order valence-corrected chi connectivity index (χ4v) is 4.31. The number of halogens is 1. The van der Waals surface area contributed by atoms with E-state index in [0.717, 1.165) is 19.3 Å². The average Bonchev–Trinajstić information content (AvgIpc) is 2.88. The number of alkyl halides is 1. The van der Waals surface area contributed by atoms with Gasteiger partial charge in [0.15, 0.2) is 11.6 Å². The third-order valence-corrected chi connectivity index (χ3v) is 6.21. The van der Waals surface area contributed by atoms with E-state index in [1.165, 1.54) is 24.7 Å². The van der Waals surface area contributed by atoms with E-state index < -0.39 is 17.9 Å². The van der Waals surface area contributed by atoms with Crippen LogP contribution >= 0.6 is 0 Å². The molecule has 10 heteroatoms. The van der Waals surface area contributed by atoms with Crippen molar-refractivity contribution in [1.29, 1.82) is 0 Å². The Labute approximate surface area is 208 Å². The number of rotatable bonds is 8. The Morgan fingerprint density at radius 2 is 1.81 bits per heavy atom. The molecular weight excluding hydrogens is 465 g/mol. The smallest absolute Gasteiger partial charge is 0.323 e. The van der Waals surface area contributed by atoms with Crippen LogP contribution in [0, 0.1) is 0 Å². The van der Waals surface area contributed by atoms with E-state index in [4.69, 9.17) is 4.74 Å². The first-order chi connectivity index (χ1) is 17.4. The van der Waals surface area contributed by atoms with Crippen LogP contribution in [0.2, 0.25) is 0 Å². The van der Waals surface area contributed by atoms with Crippen molar-refractivity contribution in [3.05, 3.63) is 64.2 Å². The van der Waals surface area contributed by atoms with Crippen LogP contribution in [0.25, 0.3) is 10.9 Å². The minimum absolute atomic E-state index is 0.0651. The number of carbonyl (C=O) groups is 2. The molecule has 0 saturated carbocycles. The number of carbonyl (C=O) groups excluding carboxylic acids is 2. The standard InChI is InChI=1S/C26H30FN5O4/c1-17(33)18-7-6-8-19(15-18)28-26(35)29-20-9-10-22-21(16-20)25(34)32(13-14-36-2)24(30-22)23(27)31-11-4-3-5-12-31/h6-10,15-16,23H,3-5,11-14H2,1-2H3,(H2,28,29,35). The SMILES string of the molecule is COCCn1c(C(F)N2CCCCC2)nc2ccc(NC(=O)Nc3cccc(C(C)=O)c3)cc2c1=O. The van der Waals surface area contributed by atoms with E-state index in [1.54, 1.807) is 41.3 Å². The summed E-state index contributed by atoms with van der Waals surface area (Å²) in [6.07, 6.45) is 1.39. The van der Waals surface area contributed by atoms with Crippen molar-refractivity contribution in [3.8, 4) is 0 Å². The van der Waals surface area contributed by atoms with E-state index in [-0.39, 0.29) is 30.1 Å². The quantitative estimate of drug-likeness (QED) is 0.356. The zero-order valence-electron chi connectivity index (χ0n) is 20.4. The van der Waals surface area contributed by atoms with Crippen LogP contribution in [-0.2, 0) is 11.3 Å². The molecule has 3 aromatic rings. The monoisotopic (exact) mass is 495 g/mol. The summed E-state index contributed by atoms with van der Waals surface area (Å²) < 4.78 is 22.0. The van der Waals surface area contributed by atoms with E-state index >= 15 is 4.39 Å². The van der Waals surface area contributed by atoms with Crippen molar-refractivity contribution in [3.63, 3.8) is 0 Å². The van der Waals surface area contributed by atoms with Crippen LogP contribution in [0.4, 0.5) is 20.6 Å². The molecule has 2 aromatic carbocycles. The molecule has 2 amide bonds. The molecule has 1 atom stereocenters. The summed E-state index contributed by atoms with van der Waals surface area (Å²) in [4.78, 5) is 43.7. The number of methoxy groups -OCH3 is 1. The van der Waals surface area contributed by atoms with E-state index in [0.29, 0.717) is 35.5 Å². The lowest BCUT2D eigenvalue weighted by atomic mass is 10.1. The maximum absolute atomic E-state index is 15.5. The lowest BCUT2D eigenvalue weighted by molar-refractivity contribution is 0.0515. The highest BCUT2D eigenvalue weighted by molar-refractivity contribution is 6.02. The number of piperidine rings is 1. The molecule has 0 bridgehead atoms. The van der Waals surface area contributed by atoms with Crippen LogP contribution in [-0.4, -0.2) is 53.1 Å². The number of nitrogens with zero attached hydrogens (tertiary/aromatic N) is 3. The van der Waals surface area contributed by atoms with E-state index in [2.05, 4.69) is 15.6 Å². The number of nitrogens with one attached hydrogen (secondary N) is 2. The van der Waals surface area contributed by atoms with Gasteiger partial charge in [0.25, 0.3) is 5.56 Å². The topological polar surface area (TPSA) is 106 Å². The summed E-state index contributed by atoms with van der Waals surface area (Å²) in [7, 11) is 1.52. The Balaban J connectivity index is 1.61. The van der Waals surface area contributed by atoms with Gasteiger partial charge in [-0.3, -0.25) is 19.1 Å². The molecule has 190 valence electrons. The molecule has 1 saturated heterocycles. The molecule has 1 aromatic heterocycles. The molecule has 4 rings (SSSR count). The van der Waals surface area contributed by atoms with Crippen LogP contribution < -0.4 is 16.2 Å². The number of benzene rings is 2. The number of hydrogen-bond acceptors (Lipinski definition) is 6. The van der Waals surface area contributed by atoms with Crippen molar-refractivity contribution in [2.75, 3.05) is 37.4 Å². The number of urea groups is 1. The summed E-state index contributed by atoms with van der Waals surface area (Å²) in [6.45, 7) is 3.07. The molecule has 0 aliphatic carbocycles. The molecule has 0 radical (unpaired) electrons. The second-order valence-electron chi connectivity index (χ2n) is 8.80. The first-order valence-electron chi connectivity index (χ1n) is 12.0. The lowest BCUT2D eigenvalue weighted by Crippen LogP contribution is -2.36. The predicted octanol–water partition coefficient (Wildman–Crippen LogP) is 4.34. The van der Waals surface area contributed by atoms with Crippen LogP contribution in [0.5, 0.6) is 0 Å². The van der Waals surface area contributed by atoms with Crippen molar-refractivity contribution in [2.45, 2.75) is 39.0 Å². The third-order valence-electron chi connectivity index (χ3n) is 6.21. The summed E-state index contributed by atoms with van der Waals surface area (Å²) >= 11 is 0. The number of ketones is 1. The van der Waals surface area contributed by atoms with E-state index in [9.17, 15) is 14.4 Å². The molecule has 0 spiro atoms. The summed E-state index contributed by atoms with van der Waals surface area (Å²) in [5, 5.41) is 5.63. The summed E-state index contributed by atoms with van der Waals surface area (Å²) in [5.74, 6) is -0.0451. The molecule has 9 nitrogen and oxygen atoms in total. The number of Topliss-reactive ketones (excluding diaryl/α,β-unsaturated/α-hetero) is 1. The number of anilines is 2. The number of likely N-dealkylation sites (tertiary alicyclic amines) is 1. The predicted molar refractivity (Wildman–Crippen MR) is 136 cm³/mol. The van der Waals surface area contributed by atoms with Gasteiger partial charge >= 0.3 is 6.03 Å². The van der Waals surface area contributed by atoms with Gasteiger partial charge in [0.1, 0.15) is 0 Å². The Morgan fingerprint density at radius 1 is 1.08 bits per heavy atom. The second kappa shape index (κ2) is 11.4. The van der Waals surface area contributed by atoms with Gasteiger partial charge in [0, 0.05) is 37.1 Å².